The van der Waals surface area contributed by atoms with Crippen LogP contribution in [0.2, 0.25) is 0 Å². The summed E-state index contributed by atoms with van der Waals surface area (Å²) >= 11 is 1.77. The van der Waals surface area contributed by atoms with Crippen molar-refractivity contribution in [3.05, 3.63) is 57.3 Å². The van der Waals surface area contributed by atoms with Crippen LogP contribution in [0.1, 0.15) is 28.5 Å². The Hall–Kier alpha value is -1.12. The molecule has 0 aliphatic rings. The second-order valence-electron chi connectivity index (χ2n) is 5.26. The standard InChI is InChI=1S/C18H25N3OS.HI/c1-4-22-13-16-7-5-15(6-8-16)11-20-18(19-3)21-12-17-14(2)9-10-23-17;/h5-10H,4,11-13H2,1-3H3,(H2,19,20,21);1H. The second-order valence-corrected chi connectivity index (χ2v) is 6.26. The van der Waals surface area contributed by atoms with Gasteiger partial charge in [0.2, 0.25) is 0 Å². The van der Waals surface area contributed by atoms with E-state index < -0.39 is 0 Å². The lowest BCUT2D eigenvalue weighted by molar-refractivity contribution is 0.134. The Labute approximate surface area is 165 Å². The lowest BCUT2D eigenvalue weighted by atomic mass is 10.1. The average molecular weight is 459 g/mol. The number of nitrogens with one attached hydrogen (secondary N) is 2. The van der Waals surface area contributed by atoms with Gasteiger partial charge in [0.15, 0.2) is 5.96 Å². The fourth-order valence-electron chi connectivity index (χ4n) is 2.13. The molecule has 0 fully saturated rings. The van der Waals surface area contributed by atoms with Gasteiger partial charge in [-0.25, -0.2) is 0 Å². The molecule has 0 bridgehead atoms. The highest BCUT2D eigenvalue weighted by molar-refractivity contribution is 14.0. The highest BCUT2D eigenvalue weighted by atomic mass is 127. The van der Waals surface area contributed by atoms with E-state index in [9.17, 15) is 0 Å². The Morgan fingerprint density at radius 1 is 1.08 bits per heavy atom. The molecule has 6 heteroatoms. The molecule has 0 unspecified atom stereocenters. The normalized spacial score (nSPS) is 11.0. The minimum absolute atomic E-state index is 0. The summed E-state index contributed by atoms with van der Waals surface area (Å²) in [5, 5.41) is 8.81. The zero-order chi connectivity index (χ0) is 16.5. The van der Waals surface area contributed by atoms with Crippen LogP contribution >= 0.6 is 35.3 Å². The summed E-state index contributed by atoms with van der Waals surface area (Å²) in [6.45, 7) is 7.11. The third-order valence-electron chi connectivity index (χ3n) is 3.56. The molecule has 2 rings (SSSR count). The van der Waals surface area contributed by atoms with Crippen molar-refractivity contribution in [2.24, 2.45) is 4.99 Å². The minimum Gasteiger partial charge on any atom is -0.377 e. The van der Waals surface area contributed by atoms with E-state index in [1.54, 1.807) is 18.4 Å². The first-order valence-electron chi connectivity index (χ1n) is 7.86. The topological polar surface area (TPSA) is 45.6 Å². The lowest BCUT2D eigenvalue weighted by Gasteiger charge is -2.12. The first-order valence-corrected chi connectivity index (χ1v) is 8.74. The van der Waals surface area contributed by atoms with Gasteiger partial charge < -0.3 is 15.4 Å². The van der Waals surface area contributed by atoms with Crippen molar-refractivity contribution in [2.45, 2.75) is 33.5 Å². The summed E-state index contributed by atoms with van der Waals surface area (Å²) in [7, 11) is 1.79. The van der Waals surface area contributed by atoms with Gasteiger partial charge in [-0.3, -0.25) is 4.99 Å². The maximum Gasteiger partial charge on any atom is 0.191 e. The first-order chi connectivity index (χ1) is 11.2. The second kappa shape index (κ2) is 11.4. The van der Waals surface area contributed by atoms with Gasteiger partial charge >= 0.3 is 0 Å². The molecule has 4 nitrogen and oxygen atoms in total. The molecule has 0 saturated heterocycles. The number of guanidine groups is 1. The predicted molar refractivity (Wildman–Crippen MR) is 113 cm³/mol. The fourth-order valence-corrected chi connectivity index (χ4v) is 2.97. The van der Waals surface area contributed by atoms with E-state index in [1.807, 2.05) is 6.92 Å². The summed E-state index contributed by atoms with van der Waals surface area (Å²) in [4.78, 5) is 5.61. The molecule has 0 atom stereocenters. The number of hydrogen-bond donors (Lipinski definition) is 2. The number of benzene rings is 1. The van der Waals surface area contributed by atoms with Gasteiger partial charge in [0.25, 0.3) is 0 Å². The van der Waals surface area contributed by atoms with E-state index >= 15 is 0 Å². The van der Waals surface area contributed by atoms with Crippen molar-refractivity contribution in [3.8, 4) is 0 Å². The predicted octanol–water partition coefficient (Wildman–Crippen LogP) is 4.08. The molecule has 1 aromatic heterocycles. The van der Waals surface area contributed by atoms with E-state index in [1.165, 1.54) is 21.6 Å². The monoisotopic (exact) mass is 459 g/mol. The molecule has 24 heavy (non-hydrogen) atoms. The molecular weight excluding hydrogens is 433 g/mol. The van der Waals surface area contributed by atoms with Gasteiger partial charge in [-0.15, -0.1) is 35.3 Å². The molecule has 132 valence electrons. The van der Waals surface area contributed by atoms with Crippen LogP contribution in [-0.4, -0.2) is 19.6 Å². The van der Waals surface area contributed by atoms with Crippen LogP contribution in [0.25, 0.3) is 0 Å². The van der Waals surface area contributed by atoms with E-state index in [2.05, 4.69) is 58.3 Å². The molecule has 0 spiro atoms. The molecular formula is C18H26IN3OS. The Morgan fingerprint density at radius 2 is 1.75 bits per heavy atom. The number of aliphatic imine (C=N–C) groups is 1. The summed E-state index contributed by atoms with van der Waals surface area (Å²) in [5.74, 6) is 0.816. The smallest absolute Gasteiger partial charge is 0.191 e. The maximum atomic E-state index is 5.41. The Morgan fingerprint density at radius 3 is 2.33 bits per heavy atom. The molecule has 0 amide bonds. The number of aryl methyl sites for hydroxylation is 1. The first kappa shape index (κ1) is 20.9. The zero-order valence-electron chi connectivity index (χ0n) is 14.5. The molecule has 2 N–H and O–H groups in total. The molecule has 2 aromatic rings. The van der Waals surface area contributed by atoms with Crippen molar-refractivity contribution in [3.63, 3.8) is 0 Å². The van der Waals surface area contributed by atoms with Crippen LogP contribution in [0.4, 0.5) is 0 Å². The van der Waals surface area contributed by atoms with Gasteiger partial charge in [0.05, 0.1) is 13.2 Å². The number of ether oxygens (including phenoxy) is 1. The van der Waals surface area contributed by atoms with Gasteiger partial charge in [-0.1, -0.05) is 24.3 Å². The van der Waals surface area contributed by atoms with Crippen molar-refractivity contribution in [2.75, 3.05) is 13.7 Å². The molecule has 0 aliphatic carbocycles. The summed E-state index contributed by atoms with van der Waals surface area (Å²) < 4.78 is 5.41. The van der Waals surface area contributed by atoms with Crippen molar-refractivity contribution < 1.29 is 4.74 Å². The fraction of sp³-hybridized carbons (Fsp3) is 0.389. The zero-order valence-corrected chi connectivity index (χ0v) is 17.6. The molecule has 1 heterocycles. The number of halogens is 1. The molecule has 1 aromatic carbocycles. The summed E-state index contributed by atoms with van der Waals surface area (Å²) in [5.41, 5.74) is 3.75. The quantitative estimate of drug-likeness (QED) is 0.373. The van der Waals surface area contributed by atoms with Crippen molar-refractivity contribution in [1.29, 1.82) is 0 Å². The summed E-state index contributed by atoms with van der Waals surface area (Å²) in [6.07, 6.45) is 0. The van der Waals surface area contributed by atoms with Crippen LogP contribution < -0.4 is 10.6 Å². The van der Waals surface area contributed by atoms with E-state index in [0.717, 1.165) is 25.7 Å². The van der Waals surface area contributed by atoms with Crippen LogP contribution in [0.5, 0.6) is 0 Å². The third kappa shape index (κ3) is 6.78. The third-order valence-corrected chi connectivity index (χ3v) is 4.59. The van der Waals surface area contributed by atoms with Crippen LogP contribution in [-0.2, 0) is 24.4 Å². The molecule has 0 radical (unpaired) electrons. The van der Waals surface area contributed by atoms with Crippen molar-refractivity contribution >= 4 is 41.3 Å². The van der Waals surface area contributed by atoms with Gasteiger partial charge in [0, 0.05) is 25.1 Å². The van der Waals surface area contributed by atoms with Crippen molar-refractivity contribution in [1.82, 2.24) is 10.6 Å². The lowest BCUT2D eigenvalue weighted by Crippen LogP contribution is -2.36. The van der Waals surface area contributed by atoms with Crippen LogP contribution in [0.15, 0.2) is 40.7 Å². The summed E-state index contributed by atoms with van der Waals surface area (Å²) in [6, 6.07) is 10.6. The van der Waals surface area contributed by atoms with E-state index in [4.69, 9.17) is 4.74 Å². The molecule has 0 aliphatic heterocycles. The highest BCUT2D eigenvalue weighted by Gasteiger charge is 2.02. The van der Waals surface area contributed by atoms with E-state index in [0.29, 0.717) is 6.61 Å². The number of thiophene rings is 1. The van der Waals surface area contributed by atoms with Gasteiger partial charge in [-0.05, 0) is 42.0 Å². The Balaban J connectivity index is 0.00000288. The number of rotatable bonds is 7. The van der Waals surface area contributed by atoms with Crippen LogP contribution in [0, 0.1) is 6.92 Å². The molecule has 0 saturated carbocycles. The maximum absolute atomic E-state index is 5.41. The average Bonchev–Trinajstić information content (AvgIpc) is 2.99. The number of hydrogen-bond acceptors (Lipinski definition) is 3. The Bertz CT molecular complexity index is 625. The Kier molecular flexibility index (Phi) is 9.97. The largest absolute Gasteiger partial charge is 0.377 e. The van der Waals surface area contributed by atoms with Crippen LogP contribution in [0.3, 0.4) is 0 Å². The minimum atomic E-state index is 0. The highest BCUT2D eigenvalue weighted by Crippen LogP contribution is 2.14. The SMILES string of the molecule is CCOCc1ccc(CNC(=NC)NCc2sccc2C)cc1.I. The van der Waals surface area contributed by atoms with Gasteiger partial charge in [0.1, 0.15) is 0 Å². The van der Waals surface area contributed by atoms with Gasteiger partial charge in [-0.2, -0.15) is 0 Å². The number of nitrogens with zero attached hydrogens (tertiary/aromatic N) is 1. The van der Waals surface area contributed by atoms with E-state index in [-0.39, 0.29) is 24.0 Å².